The van der Waals surface area contributed by atoms with Crippen LogP contribution in [0, 0.1) is 0 Å². The molecule has 1 N–H and O–H groups in total. The third-order valence-corrected chi connectivity index (χ3v) is 3.91. The first-order valence-corrected chi connectivity index (χ1v) is 7.96. The summed E-state index contributed by atoms with van der Waals surface area (Å²) >= 11 is 1.68. The van der Waals surface area contributed by atoms with Crippen LogP contribution in [0.1, 0.15) is 33.6 Å². The first-order chi connectivity index (χ1) is 9.67. The Kier molecular flexibility index (Phi) is 5.85. The number of rotatable bonds is 6. The third kappa shape index (κ3) is 4.79. The normalized spacial score (nSPS) is 16.4. The van der Waals surface area contributed by atoms with Gasteiger partial charge in [0.1, 0.15) is 0 Å². The molecule has 1 fully saturated rings. The van der Waals surface area contributed by atoms with Crippen molar-refractivity contribution in [1.29, 1.82) is 0 Å². The summed E-state index contributed by atoms with van der Waals surface area (Å²) in [5, 5.41) is 4.35. The molecule has 6 nitrogen and oxygen atoms in total. The maximum atomic E-state index is 5.59. The largest absolute Gasteiger partial charge is 0.461 e. The Morgan fingerprint density at radius 1 is 1.30 bits per heavy atom. The van der Waals surface area contributed by atoms with E-state index in [0.29, 0.717) is 17.2 Å². The van der Waals surface area contributed by atoms with Crippen molar-refractivity contribution in [3.8, 4) is 6.01 Å². The lowest BCUT2D eigenvalue weighted by atomic mass is 10.2. The highest BCUT2D eigenvalue weighted by molar-refractivity contribution is 7.99. The lowest BCUT2D eigenvalue weighted by Gasteiger charge is -2.20. The zero-order valence-electron chi connectivity index (χ0n) is 12.3. The Balaban J connectivity index is 2.10. The SMILES string of the molecule is CCNc1nc(OC(C)C)nc(SC2CCOCC2)n1. The van der Waals surface area contributed by atoms with Gasteiger partial charge in [0.05, 0.1) is 6.10 Å². The standard InChI is InChI=1S/C13H22N4O2S/c1-4-14-11-15-12(19-9(2)3)17-13(16-11)20-10-5-7-18-8-6-10/h9-10H,4-8H2,1-3H3,(H,14,15,16,17). The Morgan fingerprint density at radius 2 is 2.05 bits per heavy atom. The van der Waals surface area contributed by atoms with Gasteiger partial charge in [-0.2, -0.15) is 15.0 Å². The van der Waals surface area contributed by atoms with E-state index < -0.39 is 0 Å². The number of hydrogen-bond acceptors (Lipinski definition) is 7. The minimum atomic E-state index is 0.0489. The summed E-state index contributed by atoms with van der Waals surface area (Å²) in [7, 11) is 0. The van der Waals surface area contributed by atoms with Crippen molar-refractivity contribution < 1.29 is 9.47 Å². The molecular weight excluding hydrogens is 276 g/mol. The van der Waals surface area contributed by atoms with Crippen molar-refractivity contribution in [2.45, 2.75) is 50.1 Å². The van der Waals surface area contributed by atoms with E-state index in [0.717, 1.165) is 37.8 Å². The van der Waals surface area contributed by atoms with E-state index in [9.17, 15) is 0 Å². The zero-order valence-corrected chi connectivity index (χ0v) is 13.1. The van der Waals surface area contributed by atoms with Gasteiger partial charge in [0.2, 0.25) is 5.95 Å². The molecular formula is C13H22N4O2S. The van der Waals surface area contributed by atoms with Gasteiger partial charge in [-0.25, -0.2) is 0 Å². The van der Waals surface area contributed by atoms with Crippen molar-refractivity contribution >= 4 is 17.7 Å². The highest BCUT2D eigenvalue weighted by Gasteiger charge is 2.18. The first-order valence-electron chi connectivity index (χ1n) is 7.08. The summed E-state index contributed by atoms with van der Waals surface area (Å²) in [6, 6.07) is 0.389. The maximum absolute atomic E-state index is 5.59. The zero-order chi connectivity index (χ0) is 14.4. The van der Waals surface area contributed by atoms with Gasteiger partial charge < -0.3 is 14.8 Å². The number of thioether (sulfide) groups is 1. The molecule has 0 radical (unpaired) electrons. The van der Waals surface area contributed by atoms with Gasteiger partial charge in [0.25, 0.3) is 0 Å². The highest BCUT2D eigenvalue weighted by atomic mass is 32.2. The summed E-state index contributed by atoms with van der Waals surface area (Å²) in [6.07, 6.45) is 2.12. The summed E-state index contributed by atoms with van der Waals surface area (Å²) in [5.41, 5.74) is 0. The summed E-state index contributed by atoms with van der Waals surface area (Å²) in [6.45, 7) is 8.34. The second-order valence-corrected chi connectivity index (χ2v) is 6.12. The molecule has 0 unspecified atom stereocenters. The molecule has 1 aromatic rings. The Hall–Kier alpha value is -1.08. The van der Waals surface area contributed by atoms with Crippen LogP contribution in [0.25, 0.3) is 0 Å². The lowest BCUT2D eigenvalue weighted by molar-refractivity contribution is 0.1000. The fraction of sp³-hybridized carbons (Fsp3) is 0.769. The van der Waals surface area contributed by atoms with Gasteiger partial charge in [-0.05, 0) is 33.6 Å². The molecule has 2 heterocycles. The summed E-state index contributed by atoms with van der Waals surface area (Å²) < 4.78 is 11.0. The molecule has 1 aromatic heterocycles. The molecule has 0 atom stereocenters. The number of ether oxygens (including phenoxy) is 2. The van der Waals surface area contributed by atoms with Crippen LogP contribution < -0.4 is 10.1 Å². The molecule has 112 valence electrons. The molecule has 0 bridgehead atoms. The van der Waals surface area contributed by atoms with Crippen molar-refractivity contribution in [3.63, 3.8) is 0 Å². The molecule has 1 saturated heterocycles. The van der Waals surface area contributed by atoms with E-state index in [1.807, 2.05) is 20.8 Å². The highest BCUT2D eigenvalue weighted by Crippen LogP contribution is 2.28. The van der Waals surface area contributed by atoms with E-state index in [4.69, 9.17) is 9.47 Å². The molecule has 0 aliphatic carbocycles. The van der Waals surface area contributed by atoms with Crippen LogP contribution in [0.2, 0.25) is 0 Å². The van der Waals surface area contributed by atoms with Crippen LogP contribution in [0.3, 0.4) is 0 Å². The van der Waals surface area contributed by atoms with Crippen molar-refractivity contribution in [3.05, 3.63) is 0 Å². The fourth-order valence-corrected chi connectivity index (χ4v) is 2.83. The monoisotopic (exact) mass is 298 g/mol. The minimum Gasteiger partial charge on any atom is -0.461 e. The molecule has 0 saturated carbocycles. The predicted octanol–water partition coefficient (Wildman–Crippen LogP) is 2.36. The van der Waals surface area contributed by atoms with Gasteiger partial charge in [-0.15, -0.1) is 0 Å². The lowest BCUT2D eigenvalue weighted by Crippen LogP contribution is -2.18. The molecule has 0 aromatic carbocycles. The topological polar surface area (TPSA) is 69.2 Å². The smallest absolute Gasteiger partial charge is 0.322 e. The van der Waals surface area contributed by atoms with E-state index in [-0.39, 0.29) is 6.10 Å². The van der Waals surface area contributed by atoms with Crippen LogP contribution in [0.5, 0.6) is 6.01 Å². The number of anilines is 1. The van der Waals surface area contributed by atoms with E-state index in [1.54, 1.807) is 11.8 Å². The molecule has 7 heteroatoms. The van der Waals surface area contributed by atoms with Crippen LogP contribution in [-0.2, 0) is 4.74 Å². The van der Waals surface area contributed by atoms with Crippen LogP contribution >= 0.6 is 11.8 Å². The summed E-state index contributed by atoms with van der Waals surface area (Å²) in [5.74, 6) is 0.577. The van der Waals surface area contributed by atoms with Gasteiger partial charge in [-0.1, -0.05) is 11.8 Å². The maximum Gasteiger partial charge on any atom is 0.322 e. The average Bonchev–Trinajstić information content (AvgIpc) is 2.39. The first kappa shape index (κ1) is 15.3. The van der Waals surface area contributed by atoms with Gasteiger partial charge in [-0.3, -0.25) is 0 Å². The Morgan fingerprint density at radius 3 is 2.70 bits per heavy atom. The van der Waals surface area contributed by atoms with Crippen molar-refractivity contribution in [2.24, 2.45) is 0 Å². The van der Waals surface area contributed by atoms with Crippen LogP contribution in [0.15, 0.2) is 5.16 Å². The predicted molar refractivity (Wildman–Crippen MR) is 79.5 cm³/mol. The Bertz CT molecular complexity index is 425. The second-order valence-electron chi connectivity index (χ2n) is 4.85. The van der Waals surface area contributed by atoms with E-state index in [1.165, 1.54) is 0 Å². The Labute approximate surface area is 124 Å². The minimum absolute atomic E-state index is 0.0489. The van der Waals surface area contributed by atoms with Crippen LogP contribution in [0.4, 0.5) is 5.95 Å². The summed E-state index contributed by atoms with van der Waals surface area (Å²) in [4.78, 5) is 13.1. The van der Waals surface area contributed by atoms with Crippen LogP contribution in [-0.4, -0.2) is 46.1 Å². The van der Waals surface area contributed by atoms with Crippen molar-refractivity contribution in [2.75, 3.05) is 25.1 Å². The quantitative estimate of drug-likeness (QED) is 0.864. The number of aromatic nitrogens is 3. The van der Waals surface area contributed by atoms with Crippen molar-refractivity contribution in [1.82, 2.24) is 15.0 Å². The number of hydrogen-bond donors (Lipinski definition) is 1. The molecule has 1 aliphatic rings. The molecule has 2 rings (SSSR count). The van der Waals surface area contributed by atoms with E-state index >= 15 is 0 Å². The van der Waals surface area contributed by atoms with Gasteiger partial charge in [0.15, 0.2) is 5.16 Å². The fourth-order valence-electron chi connectivity index (χ4n) is 1.83. The van der Waals surface area contributed by atoms with E-state index in [2.05, 4.69) is 20.3 Å². The molecule has 0 amide bonds. The van der Waals surface area contributed by atoms with Gasteiger partial charge >= 0.3 is 6.01 Å². The second kappa shape index (κ2) is 7.64. The molecule has 0 spiro atoms. The van der Waals surface area contributed by atoms with Gasteiger partial charge in [0, 0.05) is 25.0 Å². The number of nitrogens with one attached hydrogen (secondary N) is 1. The molecule has 20 heavy (non-hydrogen) atoms. The average molecular weight is 298 g/mol. The third-order valence-electron chi connectivity index (χ3n) is 2.71. The molecule has 1 aliphatic heterocycles. The number of nitrogens with zero attached hydrogens (tertiary/aromatic N) is 3.